The van der Waals surface area contributed by atoms with Gasteiger partial charge in [-0.15, -0.1) is 0 Å². The minimum atomic E-state index is -0.347. The van der Waals surface area contributed by atoms with E-state index in [1.165, 1.54) is 0 Å². The van der Waals surface area contributed by atoms with Gasteiger partial charge in [0.25, 0.3) is 0 Å². The first kappa shape index (κ1) is 15.0. The van der Waals surface area contributed by atoms with Gasteiger partial charge in [0, 0.05) is 12.1 Å². The summed E-state index contributed by atoms with van der Waals surface area (Å²) in [5.74, 6) is -0.347. The van der Waals surface area contributed by atoms with Gasteiger partial charge < -0.3 is 9.30 Å². The fourth-order valence-corrected chi connectivity index (χ4v) is 2.50. The van der Waals surface area contributed by atoms with Gasteiger partial charge in [0.1, 0.15) is 5.69 Å². The van der Waals surface area contributed by atoms with Crippen molar-refractivity contribution in [1.29, 1.82) is 0 Å². The van der Waals surface area contributed by atoms with Crippen LogP contribution >= 0.6 is 0 Å². The minimum absolute atomic E-state index is 0.337. The molecule has 0 aliphatic carbocycles. The van der Waals surface area contributed by atoms with Gasteiger partial charge in [0.05, 0.1) is 12.9 Å². The van der Waals surface area contributed by atoms with Crippen LogP contribution < -0.4 is 0 Å². The minimum Gasteiger partial charge on any atom is -0.461 e. The number of imidazole rings is 1. The Hall–Kier alpha value is -2.88. The molecule has 0 N–H and O–H groups in total. The van der Waals surface area contributed by atoms with E-state index >= 15 is 0 Å². The lowest BCUT2D eigenvalue weighted by molar-refractivity contribution is 0.0515. The number of benzene rings is 2. The monoisotopic (exact) mass is 306 g/mol. The number of carbonyl (C=O) groups is 1. The lowest BCUT2D eigenvalue weighted by atomic mass is 10.1. The van der Waals surface area contributed by atoms with Crippen molar-refractivity contribution in [3.05, 3.63) is 78.2 Å². The van der Waals surface area contributed by atoms with Crippen molar-refractivity contribution < 1.29 is 9.53 Å². The van der Waals surface area contributed by atoms with E-state index < -0.39 is 0 Å². The van der Waals surface area contributed by atoms with E-state index in [1.807, 2.05) is 65.2 Å². The molecular weight excluding hydrogens is 288 g/mol. The number of esters is 1. The highest BCUT2D eigenvalue weighted by Crippen LogP contribution is 2.23. The van der Waals surface area contributed by atoms with Crippen LogP contribution in [0.2, 0.25) is 0 Å². The molecule has 4 nitrogen and oxygen atoms in total. The molecule has 0 unspecified atom stereocenters. The molecule has 0 fully saturated rings. The third-order valence-electron chi connectivity index (χ3n) is 3.55. The van der Waals surface area contributed by atoms with Crippen LogP contribution in [0.15, 0.2) is 67.0 Å². The molecule has 0 atom stereocenters. The molecule has 0 aliphatic rings. The first-order chi connectivity index (χ1) is 11.3. The van der Waals surface area contributed by atoms with Gasteiger partial charge in [0.15, 0.2) is 5.69 Å². The van der Waals surface area contributed by atoms with Crippen molar-refractivity contribution in [3.8, 4) is 11.3 Å². The van der Waals surface area contributed by atoms with Gasteiger partial charge in [-0.3, -0.25) is 0 Å². The zero-order valence-corrected chi connectivity index (χ0v) is 13.0. The number of ether oxygens (including phenoxy) is 1. The standard InChI is InChI=1S/C19H18N2O2/c1-2-23-19(22)18-17(16-11-7-4-8-12-16)20-14-21(18)13-15-9-5-3-6-10-15/h3-12,14H,2,13H2,1H3. The van der Waals surface area contributed by atoms with Crippen molar-refractivity contribution >= 4 is 5.97 Å². The van der Waals surface area contributed by atoms with Gasteiger partial charge in [-0.05, 0) is 12.5 Å². The normalized spacial score (nSPS) is 10.5. The summed E-state index contributed by atoms with van der Waals surface area (Å²) in [4.78, 5) is 16.9. The summed E-state index contributed by atoms with van der Waals surface area (Å²) in [5.41, 5.74) is 3.15. The molecule has 0 saturated carbocycles. The van der Waals surface area contributed by atoms with Crippen LogP contribution in [-0.4, -0.2) is 22.1 Å². The van der Waals surface area contributed by atoms with Crippen molar-refractivity contribution in [2.75, 3.05) is 6.61 Å². The number of rotatable bonds is 5. The maximum absolute atomic E-state index is 12.4. The first-order valence-corrected chi connectivity index (χ1v) is 7.61. The van der Waals surface area contributed by atoms with Crippen molar-refractivity contribution in [3.63, 3.8) is 0 Å². The largest absolute Gasteiger partial charge is 0.461 e. The highest BCUT2D eigenvalue weighted by atomic mass is 16.5. The second-order valence-corrected chi connectivity index (χ2v) is 5.14. The average molecular weight is 306 g/mol. The fraction of sp³-hybridized carbons (Fsp3) is 0.158. The Kier molecular flexibility index (Phi) is 4.52. The van der Waals surface area contributed by atoms with Crippen LogP contribution in [0.3, 0.4) is 0 Å². The Morgan fingerprint density at radius 3 is 2.35 bits per heavy atom. The molecule has 0 spiro atoms. The third-order valence-corrected chi connectivity index (χ3v) is 3.55. The lowest BCUT2D eigenvalue weighted by Crippen LogP contribution is -2.13. The topological polar surface area (TPSA) is 44.1 Å². The molecule has 4 heteroatoms. The van der Waals surface area contributed by atoms with Gasteiger partial charge in [-0.2, -0.15) is 0 Å². The Morgan fingerprint density at radius 1 is 1.04 bits per heavy atom. The number of hydrogen-bond donors (Lipinski definition) is 0. The quantitative estimate of drug-likeness (QED) is 0.674. The predicted octanol–water partition coefficient (Wildman–Crippen LogP) is 3.78. The van der Waals surface area contributed by atoms with E-state index in [-0.39, 0.29) is 5.97 Å². The number of nitrogens with zero attached hydrogens (tertiary/aromatic N) is 2. The van der Waals surface area contributed by atoms with Gasteiger partial charge >= 0.3 is 5.97 Å². The Morgan fingerprint density at radius 2 is 1.70 bits per heavy atom. The highest BCUT2D eigenvalue weighted by molar-refractivity contribution is 5.94. The maximum Gasteiger partial charge on any atom is 0.357 e. The summed E-state index contributed by atoms with van der Waals surface area (Å²) in [6.45, 7) is 2.72. The van der Waals surface area contributed by atoms with Gasteiger partial charge in [-0.1, -0.05) is 60.7 Å². The molecule has 0 radical (unpaired) electrons. The maximum atomic E-state index is 12.4. The molecule has 3 aromatic rings. The van der Waals surface area contributed by atoms with Crippen molar-refractivity contribution in [2.45, 2.75) is 13.5 Å². The molecule has 0 aliphatic heterocycles. The summed E-state index contributed by atoms with van der Waals surface area (Å²) in [7, 11) is 0. The summed E-state index contributed by atoms with van der Waals surface area (Å²) < 4.78 is 7.07. The fourth-order valence-electron chi connectivity index (χ4n) is 2.50. The number of hydrogen-bond acceptors (Lipinski definition) is 3. The third kappa shape index (κ3) is 3.31. The second-order valence-electron chi connectivity index (χ2n) is 5.14. The van der Waals surface area contributed by atoms with E-state index in [0.717, 1.165) is 11.1 Å². The van der Waals surface area contributed by atoms with E-state index in [2.05, 4.69) is 4.98 Å². The Labute approximate surface area is 135 Å². The van der Waals surface area contributed by atoms with Gasteiger partial charge in [-0.25, -0.2) is 9.78 Å². The van der Waals surface area contributed by atoms with Crippen LogP contribution in [-0.2, 0) is 11.3 Å². The second kappa shape index (κ2) is 6.92. The van der Waals surface area contributed by atoms with E-state index in [1.54, 1.807) is 13.3 Å². The number of aromatic nitrogens is 2. The molecule has 1 heterocycles. The molecule has 116 valence electrons. The molecule has 0 saturated heterocycles. The van der Waals surface area contributed by atoms with Gasteiger partial charge in [0.2, 0.25) is 0 Å². The van der Waals surface area contributed by atoms with E-state index in [4.69, 9.17) is 4.74 Å². The molecule has 1 aromatic heterocycles. The smallest absolute Gasteiger partial charge is 0.357 e. The average Bonchev–Trinajstić information content (AvgIpc) is 3.00. The van der Waals surface area contributed by atoms with Crippen molar-refractivity contribution in [2.24, 2.45) is 0 Å². The zero-order valence-electron chi connectivity index (χ0n) is 13.0. The molecule has 2 aromatic carbocycles. The first-order valence-electron chi connectivity index (χ1n) is 7.61. The SMILES string of the molecule is CCOC(=O)c1c(-c2ccccc2)ncn1Cc1ccccc1. The van der Waals surface area contributed by atoms with Crippen LogP contribution in [0.25, 0.3) is 11.3 Å². The molecule has 23 heavy (non-hydrogen) atoms. The van der Waals surface area contributed by atoms with Crippen LogP contribution in [0.1, 0.15) is 23.0 Å². The van der Waals surface area contributed by atoms with Crippen LogP contribution in [0, 0.1) is 0 Å². The van der Waals surface area contributed by atoms with Crippen LogP contribution in [0.5, 0.6) is 0 Å². The predicted molar refractivity (Wildman–Crippen MR) is 89.2 cm³/mol. The summed E-state index contributed by atoms with van der Waals surface area (Å²) in [6.07, 6.45) is 1.70. The summed E-state index contributed by atoms with van der Waals surface area (Å²) >= 11 is 0. The lowest BCUT2D eigenvalue weighted by Gasteiger charge is -2.09. The van der Waals surface area contributed by atoms with E-state index in [0.29, 0.717) is 24.5 Å². The highest BCUT2D eigenvalue weighted by Gasteiger charge is 2.21. The van der Waals surface area contributed by atoms with E-state index in [9.17, 15) is 4.79 Å². The summed E-state index contributed by atoms with van der Waals surface area (Å²) in [6, 6.07) is 19.7. The zero-order chi connectivity index (χ0) is 16.1. The Balaban J connectivity index is 2.03. The molecular formula is C19H18N2O2. The summed E-state index contributed by atoms with van der Waals surface area (Å²) in [5, 5.41) is 0. The molecule has 0 amide bonds. The van der Waals surface area contributed by atoms with Crippen molar-refractivity contribution in [1.82, 2.24) is 9.55 Å². The number of carbonyl (C=O) groups excluding carboxylic acids is 1. The van der Waals surface area contributed by atoms with Crippen LogP contribution in [0.4, 0.5) is 0 Å². The molecule has 0 bridgehead atoms. The molecule has 3 rings (SSSR count). The Bertz CT molecular complexity index is 780.